The van der Waals surface area contributed by atoms with Gasteiger partial charge in [-0.1, -0.05) is 29.8 Å². The van der Waals surface area contributed by atoms with E-state index in [9.17, 15) is 5.11 Å². The second-order valence-corrected chi connectivity index (χ2v) is 2.94. The standard InChI is InChI=1S/C11H14O/c1-3-9(2)8-10-6-4-5-7-11(10)12/h3-7,12H,8H2,1-2H3/b9-3+. The van der Waals surface area contributed by atoms with Crippen molar-refractivity contribution in [3.8, 4) is 5.75 Å². The monoisotopic (exact) mass is 162 g/mol. The highest BCUT2D eigenvalue weighted by Gasteiger charge is 1.98. The lowest BCUT2D eigenvalue weighted by Crippen LogP contribution is -1.86. The van der Waals surface area contributed by atoms with E-state index in [4.69, 9.17) is 0 Å². The van der Waals surface area contributed by atoms with E-state index >= 15 is 0 Å². The number of phenolic OH excluding ortho intramolecular Hbond substituents is 1. The van der Waals surface area contributed by atoms with Gasteiger partial charge in [0.25, 0.3) is 0 Å². The summed E-state index contributed by atoms with van der Waals surface area (Å²) in [6.07, 6.45) is 2.90. The molecule has 0 aliphatic carbocycles. The van der Waals surface area contributed by atoms with Gasteiger partial charge in [0.2, 0.25) is 0 Å². The molecule has 0 heterocycles. The van der Waals surface area contributed by atoms with Gasteiger partial charge in [0.1, 0.15) is 5.75 Å². The van der Waals surface area contributed by atoms with Gasteiger partial charge in [0.15, 0.2) is 0 Å². The summed E-state index contributed by atoms with van der Waals surface area (Å²) in [5.41, 5.74) is 2.27. The van der Waals surface area contributed by atoms with Gasteiger partial charge in [-0.15, -0.1) is 0 Å². The van der Waals surface area contributed by atoms with Crippen LogP contribution in [0.3, 0.4) is 0 Å². The van der Waals surface area contributed by atoms with Crippen LogP contribution in [0.4, 0.5) is 0 Å². The van der Waals surface area contributed by atoms with E-state index in [1.165, 1.54) is 5.57 Å². The molecule has 0 radical (unpaired) electrons. The third-order valence-electron chi connectivity index (χ3n) is 1.95. The van der Waals surface area contributed by atoms with E-state index in [1.54, 1.807) is 6.07 Å². The summed E-state index contributed by atoms with van der Waals surface area (Å²) in [6, 6.07) is 7.45. The Bertz CT molecular complexity index is 287. The minimum atomic E-state index is 0.388. The number of hydrogen-bond acceptors (Lipinski definition) is 1. The van der Waals surface area contributed by atoms with Crippen molar-refractivity contribution in [2.75, 3.05) is 0 Å². The highest BCUT2D eigenvalue weighted by atomic mass is 16.3. The first-order chi connectivity index (χ1) is 5.74. The zero-order valence-electron chi connectivity index (χ0n) is 7.54. The SMILES string of the molecule is C/C=C(\C)Cc1ccccc1O. The molecule has 1 nitrogen and oxygen atoms in total. The van der Waals surface area contributed by atoms with Crippen molar-refractivity contribution in [2.24, 2.45) is 0 Å². The van der Waals surface area contributed by atoms with Crippen molar-refractivity contribution in [1.29, 1.82) is 0 Å². The molecule has 0 saturated carbocycles. The summed E-state index contributed by atoms with van der Waals surface area (Å²) >= 11 is 0. The molecule has 12 heavy (non-hydrogen) atoms. The van der Waals surface area contributed by atoms with Crippen LogP contribution in [0, 0.1) is 0 Å². The number of phenols is 1. The van der Waals surface area contributed by atoms with E-state index in [2.05, 4.69) is 13.0 Å². The Morgan fingerprint density at radius 1 is 1.42 bits per heavy atom. The minimum absolute atomic E-state index is 0.388. The Balaban J connectivity index is 2.82. The van der Waals surface area contributed by atoms with Crippen LogP contribution in [0.15, 0.2) is 35.9 Å². The summed E-state index contributed by atoms with van der Waals surface area (Å²) < 4.78 is 0. The molecule has 0 unspecified atom stereocenters. The molecule has 0 aromatic heterocycles. The molecule has 0 amide bonds. The third kappa shape index (κ3) is 2.12. The number of aromatic hydroxyl groups is 1. The van der Waals surface area contributed by atoms with E-state index in [1.807, 2.05) is 25.1 Å². The van der Waals surface area contributed by atoms with E-state index < -0.39 is 0 Å². The molecular weight excluding hydrogens is 148 g/mol. The Labute approximate surface area is 73.4 Å². The molecule has 1 rings (SSSR count). The fraction of sp³-hybridized carbons (Fsp3) is 0.273. The quantitative estimate of drug-likeness (QED) is 0.663. The molecular formula is C11H14O. The Morgan fingerprint density at radius 2 is 2.08 bits per heavy atom. The van der Waals surface area contributed by atoms with Gasteiger partial charge in [-0.25, -0.2) is 0 Å². The molecule has 0 spiro atoms. The van der Waals surface area contributed by atoms with Gasteiger partial charge in [0, 0.05) is 0 Å². The van der Waals surface area contributed by atoms with Crippen LogP contribution in [-0.4, -0.2) is 5.11 Å². The topological polar surface area (TPSA) is 20.2 Å². The Kier molecular flexibility index (Phi) is 2.92. The van der Waals surface area contributed by atoms with Crippen molar-refractivity contribution >= 4 is 0 Å². The lowest BCUT2D eigenvalue weighted by atomic mass is 10.1. The molecule has 64 valence electrons. The predicted octanol–water partition coefficient (Wildman–Crippen LogP) is 2.90. The molecule has 0 aliphatic rings. The summed E-state index contributed by atoms with van der Waals surface area (Å²) in [5, 5.41) is 9.43. The largest absolute Gasteiger partial charge is 0.508 e. The summed E-state index contributed by atoms with van der Waals surface area (Å²) in [6.45, 7) is 4.07. The van der Waals surface area contributed by atoms with Gasteiger partial charge >= 0.3 is 0 Å². The van der Waals surface area contributed by atoms with E-state index in [-0.39, 0.29) is 0 Å². The second kappa shape index (κ2) is 3.96. The summed E-state index contributed by atoms with van der Waals surface area (Å²) in [4.78, 5) is 0. The molecule has 0 aliphatic heterocycles. The van der Waals surface area contributed by atoms with Gasteiger partial charge < -0.3 is 5.11 Å². The molecule has 0 saturated heterocycles. The summed E-state index contributed by atoms with van der Waals surface area (Å²) in [7, 11) is 0. The highest BCUT2D eigenvalue weighted by Crippen LogP contribution is 2.18. The number of hydrogen-bond donors (Lipinski definition) is 1. The maximum Gasteiger partial charge on any atom is 0.119 e. The number of rotatable bonds is 2. The number of benzene rings is 1. The predicted molar refractivity (Wildman–Crippen MR) is 51.2 cm³/mol. The van der Waals surface area contributed by atoms with Gasteiger partial charge in [-0.2, -0.15) is 0 Å². The lowest BCUT2D eigenvalue weighted by molar-refractivity contribution is 0.469. The van der Waals surface area contributed by atoms with Crippen LogP contribution >= 0.6 is 0 Å². The fourth-order valence-corrected chi connectivity index (χ4v) is 1.06. The second-order valence-electron chi connectivity index (χ2n) is 2.94. The van der Waals surface area contributed by atoms with Crippen molar-refractivity contribution in [3.05, 3.63) is 41.5 Å². The zero-order valence-corrected chi connectivity index (χ0v) is 7.54. The first-order valence-corrected chi connectivity index (χ1v) is 4.12. The van der Waals surface area contributed by atoms with Crippen molar-refractivity contribution < 1.29 is 5.11 Å². The Hall–Kier alpha value is -1.24. The first kappa shape index (κ1) is 8.85. The first-order valence-electron chi connectivity index (χ1n) is 4.12. The third-order valence-corrected chi connectivity index (χ3v) is 1.95. The molecule has 0 fully saturated rings. The van der Waals surface area contributed by atoms with Crippen LogP contribution in [0.1, 0.15) is 19.4 Å². The molecule has 1 aromatic rings. The molecule has 1 N–H and O–H groups in total. The highest BCUT2D eigenvalue weighted by molar-refractivity contribution is 5.34. The zero-order chi connectivity index (χ0) is 8.97. The molecule has 1 heteroatoms. The van der Waals surface area contributed by atoms with Crippen LogP contribution in [-0.2, 0) is 6.42 Å². The number of allylic oxidation sites excluding steroid dienone is 2. The lowest BCUT2D eigenvalue weighted by Gasteiger charge is -2.03. The van der Waals surface area contributed by atoms with Crippen molar-refractivity contribution in [3.63, 3.8) is 0 Å². The van der Waals surface area contributed by atoms with Gasteiger partial charge in [-0.05, 0) is 31.9 Å². The minimum Gasteiger partial charge on any atom is -0.508 e. The fourth-order valence-electron chi connectivity index (χ4n) is 1.06. The average molecular weight is 162 g/mol. The van der Waals surface area contributed by atoms with Gasteiger partial charge in [-0.3, -0.25) is 0 Å². The number of para-hydroxylation sites is 1. The van der Waals surface area contributed by atoms with Crippen LogP contribution in [0.2, 0.25) is 0 Å². The molecule has 1 aromatic carbocycles. The van der Waals surface area contributed by atoms with Crippen molar-refractivity contribution in [2.45, 2.75) is 20.3 Å². The normalized spacial score (nSPS) is 11.7. The smallest absolute Gasteiger partial charge is 0.119 e. The average Bonchev–Trinajstić information content (AvgIpc) is 2.09. The molecule has 0 atom stereocenters. The van der Waals surface area contributed by atoms with Crippen LogP contribution < -0.4 is 0 Å². The van der Waals surface area contributed by atoms with E-state index in [0.29, 0.717) is 5.75 Å². The van der Waals surface area contributed by atoms with Gasteiger partial charge in [0.05, 0.1) is 0 Å². The van der Waals surface area contributed by atoms with Crippen LogP contribution in [0.25, 0.3) is 0 Å². The van der Waals surface area contributed by atoms with Crippen molar-refractivity contribution in [1.82, 2.24) is 0 Å². The van der Waals surface area contributed by atoms with Crippen LogP contribution in [0.5, 0.6) is 5.75 Å². The van der Waals surface area contributed by atoms with E-state index in [0.717, 1.165) is 12.0 Å². The maximum atomic E-state index is 9.43. The summed E-state index contributed by atoms with van der Waals surface area (Å²) in [5.74, 6) is 0.388. The maximum absolute atomic E-state index is 9.43. The molecule has 0 bridgehead atoms. The Morgan fingerprint density at radius 3 is 2.67 bits per heavy atom.